The van der Waals surface area contributed by atoms with Crippen LogP contribution in [0, 0.1) is 11.3 Å². The number of aromatic nitrogens is 2. The molecule has 8 nitrogen and oxygen atoms in total. The minimum absolute atomic E-state index is 0.177. The normalized spacial score (nSPS) is 13.0. The van der Waals surface area contributed by atoms with Gasteiger partial charge in [0.15, 0.2) is 0 Å². The van der Waals surface area contributed by atoms with E-state index in [1.54, 1.807) is 0 Å². The highest BCUT2D eigenvalue weighted by molar-refractivity contribution is 5.80. The standard InChI is InChI=1S/C16H24F3N5O3/c1-4-6-15(2,3)8-11(9-24(27)10-25)13(26)22-23-14-20-7-5-12(21-14)16(17,18)19/h5,7,10-11,27H,4,6,8-9H2,1-3H3,(H,22,26)(H,20,21,23)/t11-/m1/s1. The molecule has 1 aromatic rings. The highest BCUT2D eigenvalue weighted by atomic mass is 19.4. The minimum Gasteiger partial charge on any atom is -0.286 e. The number of hydrogen-bond donors (Lipinski definition) is 3. The first kappa shape index (κ1) is 22.6. The van der Waals surface area contributed by atoms with Gasteiger partial charge >= 0.3 is 6.18 Å². The number of hydrazine groups is 1. The van der Waals surface area contributed by atoms with Crippen molar-refractivity contribution in [1.82, 2.24) is 20.5 Å². The molecule has 0 fully saturated rings. The molecule has 2 amide bonds. The molecule has 0 aliphatic rings. The molecule has 0 unspecified atom stereocenters. The van der Waals surface area contributed by atoms with E-state index in [0.29, 0.717) is 17.6 Å². The monoisotopic (exact) mass is 391 g/mol. The summed E-state index contributed by atoms with van der Waals surface area (Å²) in [5.41, 5.74) is 3.07. The lowest BCUT2D eigenvalue weighted by molar-refractivity contribution is -0.155. The summed E-state index contributed by atoms with van der Waals surface area (Å²) >= 11 is 0. The fourth-order valence-electron chi connectivity index (χ4n) is 2.75. The number of halogens is 3. The largest absolute Gasteiger partial charge is 0.433 e. The molecular weight excluding hydrogens is 367 g/mol. The van der Waals surface area contributed by atoms with Crippen LogP contribution < -0.4 is 10.9 Å². The van der Waals surface area contributed by atoms with Crippen molar-refractivity contribution in [2.75, 3.05) is 12.0 Å². The zero-order valence-corrected chi connectivity index (χ0v) is 15.4. The Hall–Kier alpha value is -2.43. The van der Waals surface area contributed by atoms with Crippen LogP contribution in [0.3, 0.4) is 0 Å². The van der Waals surface area contributed by atoms with E-state index in [2.05, 4.69) is 20.8 Å². The van der Waals surface area contributed by atoms with E-state index in [1.807, 2.05) is 20.8 Å². The first-order valence-electron chi connectivity index (χ1n) is 8.35. The van der Waals surface area contributed by atoms with Crippen LogP contribution in [-0.4, -0.2) is 39.1 Å². The number of nitrogens with one attached hydrogen (secondary N) is 2. The van der Waals surface area contributed by atoms with Gasteiger partial charge < -0.3 is 0 Å². The van der Waals surface area contributed by atoms with Crippen molar-refractivity contribution < 1.29 is 28.0 Å². The molecule has 0 aromatic carbocycles. The smallest absolute Gasteiger partial charge is 0.286 e. The fraction of sp³-hybridized carbons (Fsp3) is 0.625. The van der Waals surface area contributed by atoms with E-state index in [-0.39, 0.29) is 18.4 Å². The van der Waals surface area contributed by atoms with E-state index in [9.17, 15) is 28.0 Å². The first-order chi connectivity index (χ1) is 12.5. The molecule has 0 bridgehead atoms. The number of alkyl halides is 3. The van der Waals surface area contributed by atoms with Gasteiger partial charge in [-0.15, -0.1) is 0 Å². The zero-order chi connectivity index (χ0) is 20.7. The van der Waals surface area contributed by atoms with Crippen LogP contribution in [0.4, 0.5) is 19.1 Å². The third kappa shape index (κ3) is 7.77. The van der Waals surface area contributed by atoms with Gasteiger partial charge in [0.2, 0.25) is 18.3 Å². The van der Waals surface area contributed by atoms with Crippen molar-refractivity contribution in [3.05, 3.63) is 18.0 Å². The van der Waals surface area contributed by atoms with Gasteiger partial charge in [0, 0.05) is 6.20 Å². The number of hydrogen-bond acceptors (Lipinski definition) is 6. The zero-order valence-electron chi connectivity index (χ0n) is 15.4. The van der Waals surface area contributed by atoms with Gasteiger partial charge in [-0.25, -0.2) is 15.0 Å². The Morgan fingerprint density at radius 3 is 2.63 bits per heavy atom. The van der Waals surface area contributed by atoms with Crippen LogP contribution in [0.15, 0.2) is 12.3 Å². The number of rotatable bonds is 10. The number of amides is 2. The maximum absolute atomic E-state index is 12.7. The van der Waals surface area contributed by atoms with Crippen molar-refractivity contribution in [3.63, 3.8) is 0 Å². The molecule has 0 aliphatic heterocycles. The molecule has 0 radical (unpaired) electrons. The molecule has 0 saturated carbocycles. The molecule has 152 valence electrons. The summed E-state index contributed by atoms with van der Waals surface area (Å²) in [5.74, 6) is -1.83. The molecule has 1 atom stereocenters. The van der Waals surface area contributed by atoms with Crippen molar-refractivity contribution in [2.24, 2.45) is 11.3 Å². The molecule has 1 aromatic heterocycles. The number of anilines is 1. The second-order valence-electron chi connectivity index (χ2n) is 6.92. The van der Waals surface area contributed by atoms with Crippen molar-refractivity contribution in [1.29, 1.82) is 0 Å². The molecule has 1 heterocycles. The van der Waals surface area contributed by atoms with Crippen LogP contribution in [0.1, 0.15) is 45.7 Å². The summed E-state index contributed by atoms with van der Waals surface area (Å²) in [7, 11) is 0. The van der Waals surface area contributed by atoms with Crippen LogP contribution in [0.2, 0.25) is 0 Å². The quantitative estimate of drug-likeness (QED) is 0.322. The molecular formula is C16H24F3N5O3. The summed E-state index contributed by atoms with van der Waals surface area (Å²) in [6, 6.07) is 0.705. The van der Waals surface area contributed by atoms with Gasteiger partial charge in [0.05, 0.1) is 12.5 Å². The average molecular weight is 391 g/mol. The van der Waals surface area contributed by atoms with E-state index in [4.69, 9.17) is 0 Å². The summed E-state index contributed by atoms with van der Waals surface area (Å²) in [5, 5.41) is 9.78. The van der Waals surface area contributed by atoms with E-state index in [1.165, 1.54) is 0 Å². The lowest BCUT2D eigenvalue weighted by Crippen LogP contribution is -2.42. The summed E-state index contributed by atoms with van der Waals surface area (Å²) < 4.78 is 38.0. The summed E-state index contributed by atoms with van der Waals surface area (Å²) in [6.45, 7) is 5.63. The molecule has 1 rings (SSSR count). The second kappa shape index (κ2) is 9.49. The van der Waals surface area contributed by atoms with E-state index in [0.717, 1.165) is 19.0 Å². The molecule has 3 N–H and O–H groups in total. The Bertz CT molecular complexity index is 640. The third-order valence-corrected chi connectivity index (χ3v) is 3.87. The Labute approximate surface area is 155 Å². The maximum atomic E-state index is 12.7. The van der Waals surface area contributed by atoms with Crippen molar-refractivity contribution in [3.8, 4) is 0 Å². The predicted octanol–water partition coefficient (Wildman–Crippen LogP) is 2.62. The highest BCUT2D eigenvalue weighted by Crippen LogP contribution is 2.31. The molecule has 0 aliphatic carbocycles. The lowest BCUT2D eigenvalue weighted by Gasteiger charge is -2.29. The highest BCUT2D eigenvalue weighted by Gasteiger charge is 2.33. The number of carbonyl (C=O) groups is 2. The number of carbonyl (C=O) groups excluding carboxylic acids is 2. The van der Waals surface area contributed by atoms with Gasteiger partial charge in [-0.3, -0.25) is 25.6 Å². The van der Waals surface area contributed by atoms with Gasteiger partial charge in [-0.2, -0.15) is 13.2 Å². The Kier molecular flexibility index (Phi) is 7.95. The Morgan fingerprint density at radius 2 is 2.07 bits per heavy atom. The van der Waals surface area contributed by atoms with E-state index < -0.39 is 29.6 Å². The molecule has 27 heavy (non-hydrogen) atoms. The van der Waals surface area contributed by atoms with Crippen LogP contribution in [-0.2, 0) is 15.8 Å². The number of hydroxylamine groups is 2. The predicted molar refractivity (Wildman–Crippen MR) is 90.2 cm³/mol. The SMILES string of the molecule is CCCC(C)(C)C[C@H](CN(O)C=O)C(=O)NNc1nccc(C(F)(F)F)n1. The average Bonchev–Trinajstić information content (AvgIpc) is 2.58. The Morgan fingerprint density at radius 1 is 1.41 bits per heavy atom. The first-order valence-corrected chi connectivity index (χ1v) is 8.35. The maximum Gasteiger partial charge on any atom is 0.433 e. The van der Waals surface area contributed by atoms with Gasteiger partial charge in [0.1, 0.15) is 5.69 Å². The molecule has 11 heteroatoms. The van der Waals surface area contributed by atoms with Crippen LogP contribution in [0.25, 0.3) is 0 Å². The Balaban J connectivity index is 2.82. The third-order valence-electron chi connectivity index (χ3n) is 3.87. The van der Waals surface area contributed by atoms with Crippen LogP contribution in [0.5, 0.6) is 0 Å². The molecule has 0 saturated heterocycles. The number of nitrogens with zero attached hydrogens (tertiary/aromatic N) is 3. The minimum atomic E-state index is -4.64. The van der Waals surface area contributed by atoms with Crippen LogP contribution >= 0.6 is 0 Å². The topological polar surface area (TPSA) is 107 Å². The van der Waals surface area contributed by atoms with E-state index >= 15 is 0 Å². The summed E-state index contributed by atoms with van der Waals surface area (Å²) in [4.78, 5) is 30.0. The molecule has 0 spiro atoms. The van der Waals surface area contributed by atoms with Crippen molar-refractivity contribution in [2.45, 2.75) is 46.2 Å². The van der Waals surface area contributed by atoms with Gasteiger partial charge in [-0.05, 0) is 24.3 Å². The lowest BCUT2D eigenvalue weighted by atomic mass is 9.79. The van der Waals surface area contributed by atoms with Crippen molar-refractivity contribution >= 4 is 18.3 Å². The van der Waals surface area contributed by atoms with Gasteiger partial charge in [-0.1, -0.05) is 27.2 Å². The second-order valence-corrected chi connectivity index (χ2v) is 6.92. The van der Waals surface area contributed by atoms with Gasteiger partial charge in [0.25, 0.3) is 0 Å². The summed E-state index contributed by atoms with van der Waals surface area (Å²) in [6.07, 6.45) is -1.51. The fourth-order valence-corrected chi connectivity index (χ4v) is 2.75.